The average Bonchev–Trinajstić information content (AvgIpc) is 3.19. The number of hydrogen-bond acceptors (Lipinski definition) is 2. The number of para-hydroxylation sites is 1. The lowest BCUT2D eigenvalue weighted by Gasteiger charge is -2.26. The van der Waals surface area contributed by atoms with Crippen LogP contribution in [0, 0.1) is 5.92 Å². The Balaban J connectivity index is 1.68. The van der Waals surface area contributed by atoms with Crippen LogP contribution in [0.3, 0.4) is 0 Å². The van der Waals surface area contributed by atoms with Gasteiger partial charge in [-0.3, -0.25) is 4.99 Å². The third-order valence-electron chi connectivity index (χ3n) is 5.54. The largest absolute Gasteiger partial charge is 0.489 e. The van der Waals surface area contributed by atoms with Gasteiger partial charge in [-0.15, -0.1) is 0 Å². The van der Waals surface area contributed by atoms with Crippen molar-refractivity contribution in [1.82, 2.24) is 0 Å². The highest BCUT2D eigenvalue weighted by atomic mass is 79.9. The first-order chi connectivity index (χ1) is 14.1. The van der Waals surface area contributed by atoms with Crippen LogP contribution >= 0.6 is 15.9 Å². The summed E-state index contributed by atoms with van der Waals surface area (Å²) in [4.78, 5) is 5.08. The van der Waals surface area contributed by atoms with Crippen LogP contribution in [0.25, 0.3) is 5.70 Å². The third-order valence-corrected chi connectivity index (χ3v) is 5.81. The molecule has 148 valence electrons. The molecule has 3 heteroatoms. The van der Waals surface area contributed by atoms with Gasteiger partial charge in [-0.1, -0.05) is 89.6 Å². The molecule has 29 heavy (non-hydrogen) atoms. The number of rotatable bonds is 5. The summed E-state index contributed by atoms with van der Waals surface area (Å²) < 4.78 is 7.47. The first-order valence-electron chi connectivity index (χ1n) is 10.3. The number of nitrogens with zero attached hydrogens (tertiary/aromatic N) is 1. The van der Waals surface area contributed by atoms with Crippen LogP contribution in [-0.2, 0) is 6.42 Å². The van der Waals surface area contributed by atoms with E-state index >= 15 is 0 Å². The average molecular weight is 448 g/mol. The third kappa shape index (κ3) is 4.62. The monoisotopic (exact) mass is 447 g/mol. The quantitative estimate of drug-likeness (QED) is 0.446. The Kier molecular flexibility index (Phi) is 6.15. The first kappa shape index (κ1) is 19.9. The summed E-state index contributed by atoms with van der Waals surface area (Å²) in [5, 5.41) is 0. The summed E-state index contributed by atoms with van der Waals surface area (Å²) in [6.07, 6.45) is 9.59. The van der Waals surface area contributed by atoms with Crippen molar-refractivity contribution in [3.8, 4) is 5.75 Å². The zero-order chi connectivity index (χ0) is 20.2. The van der Waals surface area contributed by atoms with Gasteiger partial charge in [0.1, 0.15) is 11.9 Å². The van der Waals surface area contributed by atoms with E-state index in [9.17, 15) is 0 Å². The Labute approximate surface area is 181 Å². The molecular weight excluding hydrogens is 422 g/mol. The lowest BCUT2D eigenvalue weighted by atomic mass is 9.86. The normalized spacial score (nSPS) is 21.9. The molecule has 2 unspecified atom stereocenters. The van der Waals surface area contributed by atoms with E-state index in [1.54, 1.807) is 0 Å². The Bertz CT molecular complexity index is 971. The number of benzene rings is 2. The molecule has 0 N–H and O–H groups in total. The molecule has 0 radical (unpaired) electrons. The van der Waals surface area contributed by atoms with Gasteiger partial charge in [0.15, 0.2) is 0 Å². The van der Waals surface area contributed by atoms with E-state index in [2.05, 4.69) is 83.5 Å². The van der Waals surface area contributed by atoms with E-state index in [0.717, 1.165) is 40.8 Å². The molecule has 2 aromatic carbocycles. The Morgan fingerprint density at radius 3 is 2.55 bits per heavy atom. The number of allylic oxidation sites excluding steroid dienone is 4. The highest BCUT2D eigenvalue weighted by molar-refractivity contribution is 9.11. The van der Waals surface area contributed by atoms with Crippen molar-refractivity contribution in [1.29, 1.82) is 0 Å². The van der Waals surface area contributed by atoms with Crippen molar-refractivity contribution in [2.75, 3.05) is 0 Å². The lowest BCUT2D eigenvalue weighted by Crippen LogP contribution is -2.28. The molecule has 4 rings (SSSR count). The molecule has 0 amide bonds. The lowest BCUT2D eigenvalue weighted by molar-refractivity contribution is 0.186. The standard InChI is InChI=1S/C26H26BrNO/c1-3-19(14-13-18(2)27)23-15-22(16-24(28-23)20-9-5-4-6-10-20)26-17-21-11-7-8-12-25(21)29-26/h4-14,16,22,26H,3,15,17H2,1-2H3/b18-13+,19-14+. The number of aliphatic imine (C=N–C) groups is 1. The minimum Gasteiger partial charge on any atom is -0.489 e. The second-order valence-corrected chi connectivity index (χ2v) is 8.86. The molecular formula is C26H26BrNO. The van der Waals surface area contributed by atoms with Crippen molar-refractivity contribution in [2.24, 2.45) is 10.9 Å². The van der Waals surface area contributed by atoms with Crippen LogP contribution < -0.4 is 4.74 Å². The van der Waals surface area contributed by atoms with Crippen LogP contribution in [0.5, 0.6) is 5.75 Å². The van der Waals surface area contributed by atoms with Gasteiger partial charge < -0.3 is 4.74 Å². The van der Waals surface area contributed by atoms with Gasteiger partial charge in [0.05, 0.1) is 5.70 Å². The van der Waals surface area contributed by atoms with Gasteiger partial charge in [0.25, 0.3) is 0 Å². The smallest absolute Gasteiger partial charge is 0.123 e. The predicted molar refractivity (Wildman–Crippen MR) is 126 cm³/mol. The van der Waals surface area contributed by atoms with Crippen LogP contribution in [0.1, 0.15) is 37.8 Å². The SMILES string of the molecule is CC/C(=C\C=C(/C)Br)C1=NC(c2ccccc2)=CC(C2Cc3ccccc3O2)C1. The summed E-state index contributed by atoms with van der Waals surface area (Å²) in [7, 11) is 0. The van der Waals surface area contributed by atoms with Crippen LogP contribution in [0.2, 0.25) is 0 Å². The molecule has 0 aliphatic carbocycles. The maximum atomic E-state index is 6.35. The summed E-state index contributed by atoms with van der Waals surface area (Å²) >= 11 is 3.53. The molecule has 2 nitrogen and oxygen atoms in total. The van der Waals surface area contributed by atoms with Gasteiger partial charge in [-0.25, -0.2) is 0 Å². The maximum absolute atomic E-state index is 6.35. The molecule has 2 aliphatic rings. The van der Waals surface area contributed by atoms with Gasteiger partial charge in [0, 0.05) is 18.1 Å². The second-order valence-electron chi connectivity index (χ2n) is 7.61. The Morgan fingerprint density at radius 2 is 1.83 bits per heavy atom. The molecule has 2 atom stereocenters. The second kappa shape index (κ2) is 8.96. The molecule has 0 fully saturated rings. The fraction of sp³-hybridized carbons (Fsp3) is 0.269. The Hall–Kier alpha value is -2.39. The van der Waals surface area contributed by atoms with Crippen molar-refractivity contribution >= 4 is 27.3 Å². The molecule has 2 heterocycles. The molecule has 2 aliphatic heterocycles. The fourth-order valence-corrected chi connectivity index (χ4v) is 4.14. The van der Waals surface area contributed by atoms with Crippen molar-refractivity contribution in [3.05, 3.63) is 94.0 Å². The van der Waals surface area contributed by atoms with Gasteiger partial charge in [-0.05, 0) is 47.0 Å². The van der Waals surface area contributed by atoms with E-state index in [0.29, 0.717) is 5.92 Å². The molecule has 0 saturated carbocycles. The first-order valence-corrected chi connectivity index (χ1v) is 11.1. The van der Waals surface area contributed by atoms with E-state index in [-0.39, 0.29) is 6.10 Å². The van der Waals surface area contributed by atoms with E-state index < -0.39 is 0 Å². The highest BCUT2D eigenvalue weighted by Crippen LogP contribution is 2.37. The summed E-state index contributed by atoms with van der Waals surface area (Å²) in [6.45, 7) is 4.25. The molecule has 0 saturated heterocycles. The number of hydrogen-bond donors (Lipinski definition) is 0. The van der Waals surface area contributed by atoms with Gasteiger partial charge in [0.2, 0.25) is 0 Å². The molecule has 0 aromatic heterocycles. The fourth-order valence-electron chi connectivity index (χ4n) is 4.01. The van der Waals surface area contributed by atoms with E-state index in [1.165, 1.54) is 16.8 Å². The van der Waals surface area contributed by atoms with Crippen LogP contribution in [0.4, 0.5) is 0 Å². The summed E-state index contributed by atoms with van der Waals surface area (Å²) in [5.74, 6) is 1.33. The molecule has 0 bridgehead atoms. The Morgan fingerprint density at radius 1 is 1.07 bits per heavy atom. The van der Waals surface area contributed by atoms with Crippen molar-refractivity contribution in [3.63, 3.8) is 0 Å². The maximum Gasteiger partial charge on any atom is 0.123 e. The van der Waals surface area contributed by atoms with Gasteiger partial charge in [-0.2, -0.15) is 0 Å². The van der Waals surface area contributed by atoms with E-state index in [1.807, 2.05) is 19.1 Å². The zero-order valence-electron chi connectivity index (χ0n) is 16.9. The van der Waals surface area contributed by atoms with Crippen LogP contribution in [-0.4, -0.2) is 11.8 Å². The minimum absolute atomic E-state index is 0.156. The number of fused-ring (bicyclic) bond motifs is 1. The number of ether oxygens (including phenoxy) is 1. The molecule has 0 spiro atoms. The van der Waals surface area contributed by atoms with Gasteiger partial charge >= 0.3 is 0 Å². The van der Waals surface area contributed by atoms with Crippen molar-refractivity contribution in [2.45, 2.75) is 39.2 Å². The summed E-state index contributed by atoms with van der Waals surface area (Å²) in [5.41, 5.74) is 5.97. The molecule has 2 aromatic rings. The van der Waals surface area contributed by atoms with Crippen LogP contribution in [0.15, 0.2) is 87.9 Å². The zero-order valence-corrected chi connectivity index (χ0v) is 18.5. The topological polar surface area (TPSA) is 21.6 Å². The number of halogens is 1. The van der Waals surface area contributed by atoms with E-state index in [4.69, 9.17) is 9.73 Å². The minimum atomic E-state index is 0.156. The van der Waals surface area contributed by atoms with Crippen molar-refractivity contribution < 1.29 is 4.74 Å². The summed E-state index contributed by atoms with van der Waals surface area (Å²) in [6, 6.07) is 18.9. The predicted octanol–water partition coefficient (Wildman–Crippen LogP) is 7.13. The highest BCUT2D eigenvalue weighted by Gasteiger charge is 2.32.